The van der Waals surface area contributed by atoms with Crippen LogP contribution in [0.4, 0.5) is 0 Å². The standard InChI is InChI=1S/C18H20N2O3/c19-18(22)14-6-8-15(9-7-14)23-17-12-20(11-16(17)21)10-13-4-2-1-3-5-13/h1-9,16-17,21H,10-12H2,(H2,19,22). The van der Waals surface area contributed by atoms with E-state index >= 15 is 0 Å². The Bertz CT molecular complexity index is 658. The van der Waals surface area contributed by atoms with Crippen LogP contribution in [-0.4, -0.2) is 41.2 Å². The Labute approximate surface area is 135 Å². The summed E-state index contributed by atoms with van der Waals surface area (Å²) in [7, 11) is 0. The molecule has 2 unspecified atom stereocenters. The van der Waals surface area contributed by atoms with Crippen LogP contribution in [0.3, 0.4) is 0 Å². The number of amides is 1. The predicted molar refractivity (Wildman–Crippen MR) is 87.1 cm³/mol. The van der Waals surface area contributed by atoms with Crippen LogP contribution in [0.15, 0.2) is 54.6 Å². The number of rotatable bonds is 5. The molecular weight excluding hydrogens is 292 g/mol. The fourth-order valence-corrected chi connectivity index (χ4v) is 2.79. The van der Waals surface area contributed by atoms with E-state index in [1.54, 1.807) is 24.3 Å². The molecule has 1 aliphatic heterocycles. The minimum absolute atomic E-state index is 0.279. The molecule has 2 aromatic carbocycles. The third-order valence-electron chi connectivity index (χ3n) is 3.99. The van der Waals surface area contributed by atoms with Crippen molar-refractivity contribution in [1.82, 2.24) is 4.90 Å². The highest BCUT2D eigenvalue weighted by molar-refractivity contribution is 5.92. The first kappa shape index (κ1) is 15.5. The van der Waals surface area contributed by atoms with E-state index in [2.05, 4.69) is 17.0 Å². The molecule has 2 atom stereocenters. The second-order valence-electron chi connectivity index (χ2n) is 5.79. The lowest BCUT2D eigenvalue weighted by atomic mass is 10.2. The summed E-state index contributed by atoms with van der Waals surface area (Å²) >= 11 is 0. The second-order valence-corrected chi connectivity index (χ2v) is 5.79. The van der Waals surface area contributed by atoms with E-state index in [-0.39, 0.29) is 6.10 Å². The minimum Gasteiger partial charge on any atom is -0.486 e. The number of ether oxygens (including phenoxy) is 1. The highest BCUT2D eigenvalue weighted by atomic mass is 16.5. The molecule has 2 aromatic rings. The van der Waals surface area contributed by atoms with Gasteiger partial charge in [-0.1, -0.05) is 30.3 Å². The van der Waals surface area contributed by atoms with Gasteiger partial charge in [-0.3, -0.25) is 9.69 Å². The SMILES string of the molecule is NC(=O)c1ccc(OC2CN(Cc3ccccc3)CC2O)cc1. The first-order valence-electron chi connectivity index (χ1n) is 7.62. The zero-order valence-electron chi connectivity index (χ0n) is 12.8. The molecule has 1 fully saturated rings. The molecule has 0 aliphatic carbocycles. The van der Waals surface area contributed by atoms with Crippen molar-refractivity contribution < 1.29 is 14.6 Å². The monoisotopic (exact) mass is 312 g/mol. The first-order valence-corrected chi connectivity index (χ1v) is 7.62. The molecule has 0 saturated carbocycles. The van der Waals surface area contributed by atoms with Crippen molar-refractivity contribution >= 4 is 5.91 Å². The molecule has 5 heteroatoms. The summed E-state index contributed by atoms with van der Waals surface area (Å²) in [6, 6.07) is 16.8. The van der Waals surface area contributed by atoms with Crippen LogP contribution in [0.2, 0.25) is 0 Å². The van der Waals surface area contributed by atoms with E-state index in [0.717, 1.165) is 6.54 Å². The van der Waals surface area contributed by atoms with E-state index in [1.165, 1.54) is 5.56 Å². The van der Waals surface area contributed by atoms with Crippen molar-refractivity contribution in [3.05, 3.63) is 65.7 Å². The molecule has 0 radical (unpaired) electrons. The molecule has 0 bridgehead atoms. The number of nitrogens with two attached hydrogens (primary N) is 1. The number of aliphatic hydroxyl groups excluding tert-OH is 1. The van der Waals surface area contributed by atoms with E-state index in [0.29, 0.717) is 24.4 Å². The van der Waals surface area contributed by atoms with Gasteiger partial charge in [0.2, 0.25) is 5.91 Å². The average molecular weight is 312 g/mol. The highest BCUT2D eigenvalue weighted by Gasteiger charge is 2.32. The molecule has 0 aromatic heterocycles. The Morgan fingerprint density at radius 1 is 1.13 bits per heavy atom. The maximum absolute atomic E-state index is 11.1. The van der Waals surface area contributed by atoms with Crippen LogP contribution < -0.4 is 10.5 Å². The maximum Gasteiger partial charge on any atom is 0.248 e. The minimum atomic E-state index is -0.533. The second kappa shape index (κ2) is 6.81. The average Bonchev–Trinajstić information content (AvgIpc) is 2.88. The molecule has 3 N–H and O–H groups in total. The number of nitrogens with zero attached hydrogens (tertiary/aromatic N) is 1. The third-order valence-corrected chi connectivity index (χ3v) is 3.99. The molecule has 1 amide bonds. The first-order chi connectivity index (χ1) is 11.1. The van der Waals surface area contributed by atoms with Gasteiger partial charge >= 0.3 is 0 Å². The van der Waals surface area contributed by atoms with Crippen molar-refractivity contribution in [2.45, 2.75) is 18.8 Å². The predicted octanol–water partition coefficient (Wildman–Crippen LogP) is 1.41. The number of carbonyl (C=O) groups is 1. The number of carbonyl (C=O) groups excluding carboxylic acids is 1. The van der Waals surface area contributed by atoms with Gasteiger partial charge in [0, 0.05) is 25.2 Å². The molecule has 3 rings (SSSR count). The molecule has 5 nitrogen and oxygen atoms in total. The van der Waals surface area contributed by atoms with Gasteiger partial charge in [0.1, 0.15) is 18.0 Å². The number of hydrogen-bond acceptors (Lipinski definition) is 4. The molecule has 1 aliphatic rings. The van der Waals surface area contributed by atoms with Gasteiger partial charge in [-0.2, -0.15) is 0 Å². The summed E-state index contributed by atoms with van der Waals surface area (Å²) in [5.74, 6) is 0.159. The quantitative estimate of drug-likeness (QED) is 0.875. The topological polar surface area (TPSA) is 75.8 Å². The molecular formula is C18H20N2O3. The highest BCUT2D eigenvalue weighted by Crippen LogP contribution is 2.21. The van der Waals surface area contributed by atoms with E-state index in [1.807, 2.05) is 18.2 Å². The van der Waals surface area contributed by atoms with Crippen molar-refractivity contribution in [2.24, 2.45) is 5.73 Å². The zero-order chi connectivity index (χ0) is 16.2. The Morgan fingerprint density at radius 2 is 1.83 bits per heavy atom. The van der Waals surface area contributed by atoms with Gasteiger partial charge in [0.25, 0.3) is 0 Å². The third kappa shape index (κ3) is 3.88. The maximum atomic E-state index is 11.1. The van der Waals surface area contributed by atoms with Crippen LogP contribution in [0.1, 0.15) is 15.9 Å². The lowest BCUT2D eigenvalue weighted by Gasteiger charge is -2.17. The molecule has 0 spiro atoms. The Kier molecular flexibility index (Phi) is 4.60. The van der Waals surface area contributed by atoms with Crippen molar-refractivity contribution in [3.8, 4) is 5.75 Å². The molecule has 23 heavy (non-hydrogen) atoms. The number of primary amides is 1. The van der Waals surface area contributed by atoms with Crippen molar-refractivity contribution in [1.29, 1.82) is 0 Å². The lowest BCUT2D eigenvalue weighted by Crippen LogP contribution is -2.29. The summed E-state index contributed by atoms with van der Waals surface area (Å²) in [6.07, 6.45) is -0.812. The lowest BCUT2D eigenvalue weighted by molar-refractivity contribution is 0.0736. The van der Waals surface area contributed by atoms with E-state index < -0.39 is 12.0 Å². The van der Waals surface area contributed by atoms with Gasteiger partial charge < -0.3 is 15.6 Å². The number of aliphatic hydroxyl groups is 1. The van der Waals surface area contributed by atoms with Gasteiger partial charge in [-0.25, -0.2) is 0 Å². The Balaban J connectivity index is 1.59. The van der Waals surface area contributed by atoms with E-state index in [9.17, 15) is 9.90 Å². The molecule has 1 heterocycles. The summed E-state index contributed by atoms with van der Waals surface area (Å²) in [5, 5.41) is 10.2. The fourth-order valence-electron chi connectivity index (χ4n) is 2.79. The van der Waals surface area contributed by atoms with Gasteiger partial charge in [0.15, 0.2) is 0 Å². The molecule has 120 valence electrons. The Morgan fingerprint density at radius 3 is 2.48 bits per heavy atom. The van der Waals surface area contributed by atoms with Crippen molar-refractivity contribution in [2.75, 3.05) is 13.1 Å². The van der Waals surface area contributed by atoms with Crippen LogP contribution in [0.25, 0.3) is 0 Å². The smallest absolute Gasteiger partial charge is 0.248 e. The Hall–Kier alpha value is -2.37. The number of hydrogen-bond donors (Lipinski definition) is 2. The number of β-amino-alcohol motifs (C(OH)–C–C–N with tert-alkyl or cyclic N) is 1. The van der Waals surface area contributed by atoms with Gasteiger partial charge in [0.05, 0.1) is 0 Å². The van der Waals surface area contributed by atoms with Gasteiger partial charge in [-0.05, 0) is 29.8 Å². The van der Waals surface area contributed by atoms with Crippen molar-refractivity contribution in [3.63, 3.8) is 0 Å². The normalized spacial score (nSPS) is 21.3. The van der Waals surface area contributed by atoms with Crippen LogP contribution in [0.5, 0.6) is 5.75 Å². The van der Waals surface area contributed by atoms with Crippen LogP contribution in [-0.2, 0) is 6.54 Å². The number of benzene rings is 2. The zero-order valence-corrected chi connectivity index (χ0v) is 12.8. The number of likely N-dealkylation sites (tertiary alicyclic amines) is 1. The van der Waals surface area contributed by atoms with Gasteiger partial charge in [-0.15, -0.1) is 0 Å². The van der Waals surface area contributed by atoms with Crippen LogP contribution >= 0.6 is 0 Å². The summed E-state index contributed by atoms with van der Waals surface area (Å²) in [5.41, 5.74) is 6.87. The molecule has 1 saturated heterocycles. The summed E-state index contributed by atoms with van der Waals surface area (Å²) in [4.78, 5) is 13.2. The fraction of sp³-hybridized carbons (Fsp3) is 0.278. The van der Waals surface area contributed by atoms with E-state index in [4.69, 9.17) is 10.5 Å². The van der Waals surface area contributed by atoms with Crippen LogP contribution in [0, 0.1) is 0 Å². The summed E-state index contributed by atoms with van der Waals surface area (Å²) < 4.78 is 5.85. The largest absolute Gasteiger partial charge is 0.486 e. The summed E-state index contributed by atoms with van der Waals surface area (Å²) in [6.45, 7) is 2.03.